The van der Waals surface area contributed by atoms with E-state index in [1.54, 1.807) is 30.3 Å². The van der Waals surface area contributed by atoms with Gasteiger partial charge in [-0.05, 0) is 12.1 Å². The second kappa shape index (κ2) is 6.67. The monoisotopic (exact) mass is 356 g/mol. The first-order valence-corrected chi connectivity index (χ1v) is 7.65. The number of hydrazine groups is 1. The topological polar surface area (TPSA) is 120 Å². The van der Waals surface area contributed by atoms with Crippen molar-refractivity contribution in [1.29, 1.82) is 0 Å². The number of carbonyl (C=O) groups is 2. The first kappa shape index (κ1) is 17.1. The van der Waals surface area contributed by atoms with E-state index in [4.69, 9.17) is 0 Å². The highest BCUT2D eigenvalue weighted by atomic mass is 16.2. The molecule has 0 radical (unpaired) electrons. The molecule has 2 heterocycles. The van der Waals surface area contributed by atoms with Crippen molar-refractivity contribution in [3.8, 4) is 0 Å². The van der Waals surface area contributed by atoms with E-state index in [9.17, 15) is 19.2 Å². The molecule has 1 aromatic carbocycles. The summed E-state index contributed by atoms with van der Waals surface area (Å²) in [7, 11) is 2.84. The summed E-state index contributed by atoms with van der Waals surface area (Å²) >= 11 is 0. The number of nitrogens with zero attached hydrogens (tertiary/aromatic N) is 4. The second-order valence-electron chi connectivity index (χ2n) is 5.62. The summed E-state index contributed by atoms with van der Waals surface area (Å²) in [6, 6.07) is 8.39. The van der Waals surface area contributed by atoms with E-state index >= 15 is 0 Å². The van der Waals surface area contributed by atoms with Crippen molar-refractivity contribution in [2.45, 2.75) is 6.54 Å². The highest BCUT2D eigenvalue weighted by Crippen LogP contribution is 2.05. The largest absolute Gasteiger partial charge is 0.332 e. The summed E-state index contributed by atoms with van der Waals surface area (Å²) in [6.45, 7) is -0.251. The third-order valence-electron chi connectivity index (χ3n) is 3.88. The maximum absolute atomic E-state index is 12.3. The van der Waals surface area contributed by atoms with Gasteiger partial charge in [-0.15, -0.1) is 0 Å². The number of aromatic nitrogens is 4. The van der Waals surface area contributed by atoms with Gasteiger partial charge >= 0.3 is 5.69 Å². The Balaban J connectivity index is 1.77. The molecule has 2 amide bonds. The van der Waals surface area contributed by atoms with E-state index in [0.29, 0.717) is 5.56 Å². The van der Waals surface area contributed by atoms with Crippen LogP contribution < -0.4 is 22.1 Å². The fourth-order valence-electron chi connectivity index (χ4n) is 2.50. The molecule has 10 heteroatoms. The molecule has 2 aromatic heterocycles. The van der Waals surface area contributed by atoms with Gasteiger partial charge in [0, 0.05) is 19.7 Å². The lowest BCUT2D eigenvalue weighted by Crippen LogP contribution is -2.43. The van der Waals surface area contributed by atoms with Crippen LogP contribution in [-0.4, -0.2) is 30.5 Å². The van der Waals surface area contributed by atoms with Gasteiger partial charge in [0.15, 0.2) is 11.2 Å². The lowest BCUT2D eigenvalue weighted by atomic mass is 10.2. The Bertz CT molecular complexity index is 1110. The van der Waals surface area contributed by atoms with Crippen molar-refractivity contribution in [2.24, 2.45) is 14.1 Å². The quantitative estimate of drug-likeness (QED) is 0.577. The van der Waals surface area contributed by atoms with E-state index in [-0.39, 0.29) is 17.7 Å². The number of fused-ring (bicyclic) bond motifs is 1. The van der Waals surface area contributed by atoms with Crippen LogP contribution in [0.25, 0.3) is 11.2 Å². The molecule has 0 spiro atoms. The molecule has 0 unspecified atom stereocenters. The highest BCUT2D eigenvalue weighted by molar-refractivity contribution is 5.95. The van der Waals surface area contributed by atoms with Gasteiger partial charge in [-0.25, -0.2) is 9.78 Å². The van der Waals surface area contributed by atoms with E-state index in [0.717, 1.165) is 4.57 Å². The van der Waals surface area contributed by atoms with Crippen molar-refractivity contribution in [1.82, 2.24) is 29.5 Å². The molecule has 3 rings (SSSR count). The van der Waals surface area contributed by atoms with Gasteiger partial charge in [-0.3, -0.25) is 34.4 Å². The molecule has 26 heavy (non-hydrogen) atoms. The minimum absolute atomic E-state index is 0.124. The molecule has 0 saturated carbocycles. The van der Waals surface area contributed by atoms with Crippen LogP contribution >= 0.6 is 0 Å². The number of imidazole rings is 1. The maximum atomic E-state index is 12.3. The number of hydrogen-bond donors (Lipinski definition) is 2. The van der Waals surface area contributed by atoms with Crippen LogP contribution in [0.5, 0.6) is 0 Å². The Kier molecular flexibility index (Phi) is 4.40. The Labute approximate surface area is 146 Å². The van der Waals surface area contributed by atoms with Crippen molar-refractivity contribution >= 4 is 23.0 Å². The van der Waals surface area contributed by atoms with Crippen molar-refractivity contribution in [3.63, 3.8) is 0 Å². The third-order valence-corrected chi connectivity index (χ3v) is 3.88. The highest BCUT2D eigenvalue weighted by Gasteiger charge is 2.16. The number of rotatable bonds is 3. The molecular weight excluding hydrogens is 340 g/mol. The Morgan fingerprint density at radius 3 is 2.42 bits per heavy atom. The molecule has 2 N–H and O–H groups in total. The zero-order valence-corrected chi connectivity index (χ0v) is 14.1. The van der Waals surface area contributed by atoms with E-state index < -0.39 is 23.1 Å². The van der Waals surface area contributed by atoms with Crippen LogP contribution in [0.2, 0.25) is 0 Å². The van der Waals surface area contributed by atoms with Gasteiger partial charge in [0.05, 0.1) is 6.33 Å². The number of amides is 2. The molecule has 134 valence electrons. The average Bonchev–Trinajstić information content (AvgIpc) is 3.07. The van der Waals surface area contributed by atoms with E-state index in [1.165, 1.54) is 29.6 Å². The fraction of sp³-hybridized carbons (Fsp3) is 0.188. The second-order valence-corrected chi connectivity index (χ2v) is 5.62. The molecule has 0 aliphatic rings. The predicted octanol–water partition coefficient (Wildman–Crippen LogP) is -1.11. The van der Waals surface area contributed by atoms with Crippen LogP contribution in [0.3, 0.4) is 0 Å². The predicted molar refractivity (Wildman–Crippen MR) is 92.3 cm³/mol. The normalized spacial score (nSPS) is 10.7. The van der Waals surface area contributed by atoms with E-state index in [1.807, 2.05) is 0 Å². The van der Waals surface area contributed by atoms with Gasteiger partial charge < -0.3 is 4.57 Å². The zero-order chi connectivity index (χ0) is 18.8. The Morgan fingerprint density at radius 2 is 1.73 bits per heavy atom. The molecule has 0 atom stereocenters. The maximum Gasteiger partial charge on any atom is 0.332 e. The molecule has 0 bridgehead atoms. The summed E-state index contributed by atoms with van der Waals surface area (Å²) in [5, 5.41) is 0. The Morgan fingerprint density at radius 1 is 1.04 bits per heavy atom. The standard InChI is InChI=1S/C16H16N6O4/c1-20-13-12(15(25)21(2)16(20)26)22(9-17-13)8-11(23)18-19-14(24)10-6-4-3-5-7-10/h3-7,9H,8H2,1-2H3,(H,18,23)(H,19,24). The zero-order valence-electron chi connectivity index (χ0n) is 14.1. The summed E-state index contributed by atoms with van der Waals surface area (Å²) in [6.07, 6.45) is 1.30. The fourth-order valence-corrected chi connectivity index (χ4v) is 2.50. The molecule has 0 saturated heterocycles. The third kappa shape index (κ3) is 2.99. The summed E-state index contributed by atoms with van der Waals surface area (Å²) in [5.41, 5.74) is 4.21. The van der Waals surface area contributed by atoms with Crippen LogP contribution in [0, 0.1) is 0 Å². The van der Waals surface area contributed by atoms with Crippen LogP contribution in [0.1, 0.15) is 10.4 Å². The van der Waals surface area contributed by atoms with Crippen molar-refractivity contribution in [2.75, 3.05) is 0 Å². The minimum Gasteiger partial charge on any atom is -0.315 e. The SMILES string of the molecule is Cn1c(=O)c2c(ncn2CC(=O)NNC(=O)c2ccccc2)n(C)c1=O. The van der Waals surface area contributed by atoms with Gasteiger partial charge in [0.25, 0.3) is 17.4 Å². The van der Waals surface area contributed by atoms with Crippen molar-refractivity contribution < 1.29 is 9.59 Å². The molecule has 0 aliphatic heterocycles. The number of aryl methyl sites for hydroxylation is 1. The van der Waals surface area contributed by atoms with Crippen LogP contribution in [-0.2, 0) is 25.4 Å². The van der Waals surface area contributed by atoms with Gasteiger partial charge in [0.2, 0.25) is 0 Å². The average molecular weight is 356 g/mol. The summed E-state index contributed by atoms with van der Waals surface area (Å²) in [4.78, 5) is 52.2. The van der Waals surface area contributed by atoms with E-state index in [2.05, 4.69) is 15.8 Å². The first-order chi connectivity index (χ1) is 12.4. The van der Waals surface area contributed by atoms with Gasteiger partial charge in [-0.2, -0.15) is 0 Å². The smallest absolute Gasteiger partial charge is 0.315 e. The number of carbonyl (C=O) groups excluding carboxylic acids is 2. The van der Waals surface area contributed by atoms with Gasteiger partial charge in [0.1, 0.15) is 6.54 Å². The van der Waals surface area contributed by atoms with Gasteiger partial charge in [-0.1, -0.05) is 18.2 Å². The lowest BCUT2D eigenvalue weighted by molar-refractivity contribution is -0.122. The molecule has 0 aliphatic carbocycles. The Hall–Kier alpha value is -3.69. The molecule has 10 nitrogen and oxygen atoms in total. The minimum atomic E-state index is -0.554. The molecular formula is C16H16N6O4. The van der Waals surface area contributed by atoms with Crippen molar-refractivity contribution in [3.05, 3.63) is 63.1 Å². The number of benzene rings is 1. The molecule has 0 fully saturated rings. The number of nitrogens with one attached hydrogen (secondary N) is 2. The number of hydrogen-bond acceptors (Lipinski definition) is 5. The van der Waals surface area contributed by atoms with Crippen LogP contribution in [0.4, 0.5) is 0 Å². The lowest BCUT2D eigenvalue weighted by Gasteiger charge is -2.09. The summed E-state index contributed by atoms with van der Waals surface area (Å²) < 4.78 is 3.49. The summed E-state index contributed by atoms with van der Waals surface area (Å²) in [5.74, 6) is -1.02. The first-order valence-electron chi connectivity index (χ1n) is 7.65. The molecule has 3 aromatic rings. The van der Waals surface area contributed by atoms with Crippen LogP contribution in [0.15, 0.2) is 46.2 Å².